The molecule has 12 nitrogen and oxygen atoms in total. The number of rotatable bonds is 11. The molecule has 0 bridgehead atoms. The Morgan fingerprint density at radius 2 is 1.73 bits per heavy atom. The second kappa shape index (κ2) is 15.0. The third-order valence-corrected chi connectivity index (χ3v) is 9.92. The number of aryl methyl sites for hydroxylation is 1. The van der Waals surface area contributed by atoms with Gasteiger partial charge >= 0.3 is 0 Å². The Balaban J connectivity index is 1.07. The Labute approximate surface area is 297 Å². The van der Waals surface area contributed by atoms with Gasteiger partial charge in [-0.1, -0.05) is 24.3 Å². The number of likely N-dealkylation sites (tertiary alicyclic amines) is 1. The van der Waals surface area contributed by atoms with Crippen LogP contribution in [-0.2, 0) is 17.9 Å². The van der Waals surface area contributed by atoms with Crippen molar-refractivity contribution >= 4 is 39.9 Å². The third-order valence-electron chi connectivity index (χ3n) is 9.92. The van der Waals surface area contributed by atoms with Gasteiger partial charge in [-0.3, -0.25) is 24.2 Å². The minimum absolute atomic E-state index is 0.0511. The maximum absolute atomic E-state index is 13.5. The number of aliphatic hydroxyl groups is 1. The van der Waals surface area contributed by atoms with Crippen LogP contribution in [0.25, 0.3) is 22.0 Å². The zero-order chi connectivity index (χ0) is 35.5. The van der Waals surface area contributed by atoms with Gasteiger partial charge in [0.25, 0.3) is 5.91 Å². The Bertz CT molecular complexity index is 2080. The maximum atomic E-state index is 13.5. The quantitative estimate of drug-likeness (QED) is 0.118. The minimum atomic E-state index is -0.253. The van der Waals surface area contributed by atoms with E-state index in [0.717, 1.165) is 94.7 Å². The first-order valence-electron chi connectivity index (χ1n) is 17.7. The molecule has 2 aliphatic rings. The van der Waals surface area contributed by atoms with Crippen molar-refractivity contribution in [2.45, 2.75) is 65.3 Å². The summed E-state index contributed by atoms with van der Waals surface area (Å²) in [5.74, 6) is 0.378. The van der Waals surface area contributed by atoms with E-state index in [0.29, 0.717) is 31.1 Å². The molecule has 0 saturated carbocycles. The van der Waals surface area contributed by atoms with Crippen LogP contribution in [-0.4, -0.2) is 73.9 Å². The smallest absolute Gasteiger partial charge is 0.276 e. The van der Waals surface area contributed by atoms with Gasteiger partial charge in [-0.25, -0.2) is 4.98 Å². The van der Waals surface area contributed by atoms with Gasteiger partial charge in [0.2, 0.25) is 5.91 Å². The lowest BCUT2D eigenvalue weighted by Crippen LogP contribution is -2.34. The number of carbonyl (C=O) groups is 2. The normalized spacial score (nSPS) is 17.3. The lowest BCUT2D eigenvalue weighted by molar-refractivity contribution is -0.118. The highest BCUT2D eigenvalue weighted by Crippen LogP contribution is 2.36. The summed E-state index contributed by atoms with van der Waals surface area (Å²) in [6.07, 6.45) is 6.17. The van der Waals surface area contributed by atoms with Crippen LogP contribution < -0.4 is 21.3 Å². The van der Waals surface area contributed by atoms with Crippen LogP contribution in [0, 0.1) is 13.8 Å². The standard InChI is InChI=1S/C39H45N9O3/c1-24-30(7-4-9-32(24)44-38-37-28(12-14-42-38)19-27(21-43-37)22-47-18-13-29(50)23-47)31-8-5-10-33(25(31)2)45-39(51)35-20-36-34(11-6-17-48(36)46-35)41-16-15-40-26(3)49/h4-5,7-10,12,14,19-21,29,34,41,50H,6,11,13,15-18,22-23H2,1-3H3,(H,40,49)(H,42,44)(H,45,51)/t29-,34?/m1/s1. The number of aliphatic hydroxyl groups excluding tert-OH is 1. The van der Waals surface area contributed by atoms with Crippen LogP contribution in [0.4, 0.5) is 17.2 Å². The molecule has 0 radical (unpaired) electrons. The fourth-order valence-corrected chi connectivity index (χ4v) is 7.22. The van der Waals surface area contributed by atoms with E-state index in [1.165, 1.54) is 6.92 Å². The summed E-state index contributed by atoms with van der Waals surface area (Å²) >= 11 is 0. The first-order chi connectivity index (χ1) is 24.7. The van der Waals surface area contributed by atoms with E-state index < -0.39 is 0 Å². The summed E-state index contributed by atoms with van der Waals surface area (Å²) in [6, 6.07) is 18.2. The number of anilines is 3. The number of hydrogen-bond acceptors (Lipinski definition) is 9. The lowest BCUT2D eigenvalue weighted by atomic mass is 9.94. The molecule has 7 rings (SSSR count). The predicted octanol–water partition coefficient (Wildman–Crippen LogP) is 5.23. The van der Waals surface area contributed by atoms with Gasteiger partial charge in [-0.15, -0.1) is 0 Å². The van der Waals surface area contributed by atoms with Crippen LogP contribution in [0.2, 0.25) is 0 Å². The number of carbonyl (C=O) groups excluding carboxylic acids is 2. The number of amides is 2. The van der Waals surface area contributed by atoms with E-state index in [9.17, 15) is 14.7 Å². The molecule has 3 aromatic heterocycles. The van der Waals surface area contributed by atoms with Crippen LogP contribution in [0.5, 0.6) is 0 Å². The topological polar surface area (TPSA) is 149 Å². The Morgan fingerprint density at radius 1 is 0.941 bits per heavy atom. The molecule has 5 heterocycles. The summed E-state index contributed by atoms with van der Waals surface area (Å²) in [5, 5.41) is 28.5. The number of benzene rings is 2. The van der Waals surface area contributed by atoms with Gasteiger partial charge in [0.05, 0.1) is 11.8 Å². The molecule has 1 fully saturated rings. The van der Waals surface area contributed by atoms with Crippen LogP contribution >= 0.6 is 0 Å². The fourth-order valence-electron chi connectivity index (χ4n) is 7.22. The monoisotopic (exact) mass is 687 g/mol. The van der Waals surface area contributed by atoms with Crippen molar-refractivity contribution in [1.82, 2.24) is 35.3 Å². The average molecular weight is 688 g/mol. The van der Waals surface area contributed by atoms with E-state index in [-0.39, 0.29) is 24.0 Å². The summed E-state index contributed by atoms with van der Waals surface area (Å²) in [7, 11) is 0. The van der Waals surface area contributed by atoms with Crippen molar-refractivity contribution in [1.29, 1.82) is 0 Å². The molecule has 1 unspecified atom stereocenters. The third kappa shape index (κ3) is 7.63. The van der Waals surface area contributed by atoms with Crippen LogP contribution in [0.3, 0.4) is 0 Å². The van der Waals surface area contributed by atoms with E-state index in [1.54, 1.807) is 6.20 Å². The van der Waals surface area contributed by atoms with E-state index >= 15 is 0 Å². The van der Waals surface area contributed by atoms with Gasteiger partial charge in [0.1, 0.15) is 5.52 Å². The zero-order valence-electron chi connectivity index (χ0n) is 29.4. The number of nitrogens with zero attached hydrogens (tertiary/aromatic N) is 5. The van der Waals surface area contributed by atoms with Crippen molar-refractivity contribution < 1.29 is 14.7 Å². The van der Waals surface area contributed by atoms with Crippen molar-refractivity contribution in [3.63, 3.8) is 0 Å². The molecule has 12 heteroatoms. The molecule has 51 heavy (non-hydrogen) atoms. The lowest BCUT2D eigenvalue weighted by Gasteiger charge is -2.24. The minimum Gasteiger partial charge on any atom is -0.392 e. The fraction of sp³-hybridized carbons (Fsp3) is 0.359. The molecule has 0 spiro atoms. The van der Waals surface area contributed by atoms with Crippen molar-refractivity contribution in [2.75, 3.05) is 36.8 Å². The molecule has 2 aromatic carbocycles. The number of hydrogen-bond donors (Lipinski definition) is 5. The van der Waals surface area contributed by atoms with Gasteiger partial charge in [0.15, 0.2) is 11.5 Å². The molecule has 1 saturated heterocycles. The highest BCUT2D eigenvalue weighted by Gasteiger charge is 2.25. The number of nitrogens with one attached hydrogen (secondary N) is 4. The Kier molecular flexibility index (Phi) is 10.1. The maximum Gasteiger partial charge on any atom is 0.276 e. The van der Waals surface area contributed by atoms with Gasteiger partial charge in [0, 0.05) is 81.4 Å². The molecular formula is C39H45N9O3. The SMILES string of the molecule is CC(=O)NCCNC1CCCn2nc(C(=O)Nc3cccc(-c4cccc(Nc5nccc6cc(CN7CC[C@@H](O)C7)cnc56)c4C)c3C)cc21. The molecule has 5 aromatic rings. The molecule has 264 valence electrons. The zero-order valence-corrected chi connectivity index (χ0v) is 29.4. The van der Waals surface area contributed by atoms with Crippen molar-refractivity contribution in [2.24, 2.45) is 0 Å². The summed E-state index contributed by atoms with van der Waals surface area (Å²) in [5.41, 5.74) is 8.98. The molecule has 2 aliphatic heterocycles. The number of fused-ring (bicyclic) bond motifs is 2. The first-order valence-corrected chi connectivity index (χ1v) is 17.7. The Hall–Kier alpha value is -5.17. The predicted molar refractivity (Wildman–Crippen MR) is 199 cm³/mol. The van der Waals surface area contributed by atoms with Gasteiger partial charge in [-0.2, -0.15) is 5.10 Å². The molecule has 5 N–H and O–H groups in total. The van der Waals surface area contributed by atoms with Crippen LogP contribution in [0.1, 0.15) is 65.1 Å². The summed E-state index contributed by atoms with van der Waals surface area (Å²) < 4.78 is 1.92. The van der Waals surface area contributed by atoms with E-state index in [2.05, 4.69) is 61.4 Å². The molecule has 2 amide bonds. The summed E-state index contributed by atoms with van der Waals surface area (Å²) in [4.78, 5) is 36.5. The number of pyridine rings is 2. The number of β-amino-alcohol motifs (C(OH)–C–C–N with tert-alkyl or cyclic N) is 1. The second-order valence-electron chi connectivity index (χ2n) is 13.6. The van der Waals surface area contributed by atoms with E-state index in [4.69, 9.17) is 4.98 Å². The Morgan fingerprint density at radius 3 is 2.49 bits per heavy atom. The number of aromatic nitrogens is 4. The highest BCUT2D eigenvalue weighted by molar-refractivity contribution is 6.04. The molecular weight excluding hydrogens is 642 g/mol. The van der Waals surface area contributed by atoms with Gasteiger partial charge in [-0.05, 0) is 91.3 Å². The highest BCUT2D eigenvalue weighted by atomic mass is 16.3. The molecule has 2 atom stereocenters. The largest absolute Gasteiger partial charge is 0.392 e. The van der Waals surface area contributed by atoms with Crippen molar-refractivity contribution in [3.8, 4) is 11.1 Å². The average Bonchev–Trinajstić information content (AvgIpc) is 3.75. The van der Waals surface area contributed by atoms with Gasteiger partial charge < -0.3 is 26.4 Å². The first kappa shape index (κ1) is 34.3. The molecule has 0 aliphatic carbocycles. The summed E-state index contributed by atoms with van der Waals surface area (Å²) in [6.45, 7) is 9.91. The van der Waals surface area contributed by atoms with E-state index in [1.807, 2.05) is 54.2 Å². The van der Waals surface area contributed by atoms with Crippen molar-refractivity contribution in [3.05, 3.63) is 95.1 Å². The second-order valence-corrected chi connectivity index (χ2v) is 13.6. The van der Waals surface area contributed by atoms with Crippen LogP contribution in [0.15, 0.2) is 67.0 Å².